The lowest BCUT2D eigenvalue weighted by molar-refractivity contribution is -0.111. The zero-order valence-electron chi connectivity index (χ0n) is 15.6. The van der Waals surface area contributed by atoms with E-state index in [4.69, 9.17) is 4.74 Å². The van der Waals surface area contributed by atoms with Crippen LogP contribution in [0.5, 0.6) is 5.75 Å². The van der Waals surface area contributed by atoms with Crippen molar-refractivity contribution in [3.63, 3.8) is 0 Å². The van der Waals surface area contributed by atoms with Gasteiger partial charge in [-0.3, -0.25) is 9.59 Å². The molecule has 1 saturated heterocycles. The van der Waals surface area contributed by atoms with Crippen molar-refractivity contribution in [3.05, 3.63) is 72.3 Å². The molecule has 2 aromatic rings. The summed E-state index contributed by atoms with van der Waals surface area (Å²) in [5.41, 5.74) is 1.56. The fourth-order valence-electron chi connectivity index (χ4n) is 3.37. The largest absolute Gasteiger partial charge is 0.506 e. The molecule has 1 unspecified atom stereocenters. The van der Waals surface area contributed by atoms with Gasteiger partial charge < -0.3 is 20.5 Å². The van der Waals surface area contributed by atoms with Crippen LogP contribution in [0.25, 0.3) is 0 Å². The molecule has 28 heavy (non-hydrogen) atoms. The lowest BCUT2D eigenvalue weighted by atomic mass is 9.87. The van der Waals surface area contributed by atoms with Crippen molar-refractivity contribution in [2.24, 2.45) is 5.92 Å². The van der Waals surface area contributed by atoms with E-state index in [9.17, 15) is 14.7 Å². The molecule has 6 heteroatoms. The van der Waals surface area contributed by atoms with Gasteiger partial charge in [0.2, 0.25) is 5.91 Å². The maximum absolute atomic E-state index is 12.9. The number of phenols is 1. The third kappa shape index (κ3) is 4.78. The average molecular weight is 380 g/mol. The van der Waals surface area contributed by atoms with Crippen LogP contribution in [0.2, 0.25) is 0 Å². The van der Waals surface area contributed by atoms with Crippen LogP contribution >= 0.6 is 0 Å². The second-order valence-electron chi connectivity index (χ2n) is 6.74. The third-order valence-electron chi connectivity index (χ3n) is 4.88. The monoisotopic (exact) mass is 380 g/mol. The summed E-state index contributed by atoms with van der Waals surface area (Å²) in [6.45, 7) is 4.75. The molecule has 3 N–H and O–H groups in total. The maximum atomic E-state index is 12.9. The highest BCUT2D eigenvalue weighted by Crippen LogP contribution is 2.31. The highest BCUT2D eigenvalue weighted by Gasteiger charge is 2.27. The van der Waals surface area contributed by atoms with Gasteiger partial charge in [0.1, 0.15) is 5.75 Å². The maximum Gasteiger partial charge on any atom is 0.251 e. The van der Waals surface area contributed by atoms with E-state index in [0.717, 1.165) is 24.5 Å². The first kappa shape index (κ1) is 19.6. The lowest BCUT2D eigenvalue weighted by Gasteiger charge is -2.31. The Bertz CT molecular complexity index is 845. The summed E-state index contributed by atoms with van der Waals surface area (Å²) in [5, 5.41) is 15.6. The van der Waals surface area contributed by atoms with Crippen molar-refractivity contribution in [3.8, 4) is 5.75 Å². The molecule has 1 heterocycles. The molecule has 146 valence electrons. The fourth-order valence-corrected chi connectivity index (χ4v) is 3.37. The Morgan fingerprint density at radius 1 is 1.14 bits per heavy atom. The second-order valence-corrected chi connectivity index (χ2v) is 6.74. The van der Waals surface area contributed by atoms with Gasteiger partial charge in [-0.1, -0.05) is 36.9 Å². The van der Waals surface area contributed by atoms with Gasteiger partial charge in [0.25, 0.3) is 5.91 Å². The van der Waals surface area contributed by atoms with Crippen molar-refractivity contribution in [1.29, 1.82) is 0 Å². The van der Waals surface area contributed by atoms with Crippen LogP contribution in [0.15, 0.2) is 61.2 Å². The van der Waals surface area contributed by atoms with E-state index in [1.807, 2.05) is 30.3 Å². The first-order valence-corrected chi connectivity index (χ1v) is 9.28. The Morgan fingerprint density at radius 3 is 2.54 bits per heavy atom. The van der Waals surface area contributed by atoms with Crippen LogP contribution in [-0.2, 0) is 9.53 Å². The minimum absolute atomic E-state index is 0.115. The Morgan fingerprint density at radius 2 is 1.86 bits per heavy atom. The molecular weight excluding hydrogens is 356 g/mol. The second kappa shape index (κ2) is 9.19. The van der Waals surface area contributed by atoms with Crippen LogP contribution in [-0.4, -0.2) is 30.1 Å². The van der Waals surface area contributed by atoms with Crippen LogP contribution in [0.4, 0.5) is 5.69 Å². The van der Waals surface area contributed by atoms with Crippen LogP contribution in [0, 0.1) is 5.92 Å². The summed E-state index contributed by atoms with van der Waals surface area (Å²) in [6, 6.07) is 14.1. The molecule has 2 aromatic carbocycles. The number of ether oxygens (including phenoxy) is 1. The zero-order chi connectivity index (χ0) is 19.9. The standard InChI is InChI=1S/C22H24N2O4/c1-2-20(26)23-18-14-17(8-9-19(18)25)22(27)24-21(15-6-4-3-5-7-15)16-10-12-28-13-11-16/h2-9,14,16,21,25H,1,10-13H2,(H,23,26)(H,24,27). The SMILES string of the molecule is C=CC(=O)Nc1cc(C(=O)NC(c2ccccc2)C2CCOCC2)ccc1O. The summed E-state index contributed by atoms with van der Waals surface area (Å²) < 4.78 is 5.46. The molecule has 0 saturated carbocycles. The number of benzene rings is 2. The van der Waals surface area contributed by atoms with E-state index in [1.165, 1.54) is 18.2 Å². The van der Waals surface area contributed by atoms with Crippen LogP contribution in [0.3, 0.4) is 0 Å². The molecule has 1 fully saturated rings. The molecule has 0 spiro atoms. The molecule has 0 radical (unpaired) electrons. The quantitative estimate of drug-likeness (QED) is 0.529. The lowest BCUT2D eigenvalue weighted by Crippen LogP contribution is -2.36. The smallest absolute Gasteiger partial charge is 0.251 e. The first-order chi connectivity index (χ1) is 13.6. The Balaban J connectivity index is 1.82. The number of aromatic hydroxyl groups is 1. The Labute approximate surface area is 164 Å². The minimum Gasteiger partial charge on any atom is -0.506 e. The summed E-state index contributed by atoms with van der Waals surface area (Å²) in [5.74, 6) is -0.570. The average Bonchev–Trinajstić information content (AvgIpc) is 2.74. The molecule has 2 amide bonds. The van der Waals surface area contributed by atoms with Crippen LogP contribution in [0.1, 0.15) is 34.8 Å². The number of carbonyl (C=O) groups is 2. The summed E-state index contributed by atoms with van der Waals surface area (Å²) in [4.78, 5) is 24.5. The normalized spacial score (nSPS) is 15.4. The number of nitrogens with one attached hydrogen (secondary N) is 2. The van der Waals surface area contributed by atoms with Gasteiger partial charge in [-0.05, 0) is 48.6 Å². The number of hydrogen-bond donors (Lipinski definition) is 3. The number of carbonyl (C=O) groups excluding carboxylic acids is 2. The fraction of sp³-hybridized carbons (Fsp3) is 0.273. The minimum atomic E-state index is -0.461. The predicted molar refractivity (Wildman–Crippen MR) is 107 cm³/mol. The van der Waals surface area contributed by atoms with E-state index in [0.29, 0.717) is 18.8 Å². The van der Waals surface area contributed by atoms with Crippen molar-refractivity contribution in [2.45, 2.75) is 18.9 Å². The summed E-state index contributed by atoms with van der Waals surface area (Å²) in [7, 11) is 0. The highest BCUT2D eigenvalue weighted by molar-refractivity contribution is 6.02. The van der Waals surface area contributed by atoms with Gasteiger partial charge >= 0.3 is 0 Å². The molecule has 3 rings (SSSR count). The number of rotatable bonds is 6. The van der Waals surface area contributed by atoms with Crippen molar-refractivity contribution in [1.82, 2.24) is 5.32 Å². The molecular formula is C22H24N2O4. The number of amides is 2. The third-order valence-corrected chi connectivity index (χ3v) is 4.88. The van der Waals surface area contributed by atoms with Crippen molar-refractivity contribution < 1.29 is 19.4 Å². The van der Waals surface area contributed by atoms with Gasteiger partial charge in [0.05, 0.1) is 11.7 Å². The van der Waals surface area contributed by atoms with Gasteiger partial charge in [0.15, 0.2) is 0 Å². The van der Waals surface area contributed by atoms with E-state index in [1.54, 1.807) is 0 Å². The first-order valence-electron chi connectivity index (χ1n) is 9.28. The van der Waals surface area contributed by atoms with Crippen molar-refractivity contribution in [2.75, 3.05) is 18.5 Å². The number of phenolic OH excluding ortho intramolecular Hbond substituents is 1. The predicted octanol–water partition coefficient (Wildman–Crippen LogP) is 3.41. The molecule has 0 bridgehead atoms. The van der Waals surface area contributed by atoms with Crippen LogP contribution < -0.4 is 10.6 Å². The van der Waals surface area contributed by atoms with E-state index < -0.39 is 5.91 Å². The van der Waals surface area contributed by atoms with E-state index in [2.05, 4.69) is 17.2 Å². The molecule has 1 aliphatic rings. The summed E-state index contributed by atoms with van der Waals surface area (Å²) >= 11 is 0. The van der Waals surface area contributed by atoms with Gasteiger partial charge in [0, 0.05) is 18.8 Å². The van der Waals surface area contributed by atoms with Crippen molar-refractivity contribution >= 4 is 17.5 Å². The number of anilines is 1. The molecule has 6 nitrogen and oxygen atoms in total. The molecule has 0 aliphatic carbocycles. The van der Waals surface area contributed by atoms with Gasteiger partial charge in [-0.15, -0.1) is 0 Å². The van der Waals surface area contributed by atoms with Gasteiger partial charge in [-0.2, -0.15) is 0 Å². The molecule has 1 aliphatic heterocycles. The topological polar surface area (TPSA) is 87.7 Å². The highest BCUT2D eigenvalue weighted by atomic mass is 16.5. The Hall–Kier alpha value is -3.12. The number of hydrogen-bond acceptors (Lipinski definition) is 4. The summed E-state index contributed by atoms with van der Waals surface area (Å²) in [6.07, 6.45) is 2.84. The molecule has 1 atom stereocenters. The zero-order valence-corrected chi connectivity index (χ0v) is 15.6. The van der Waals surface area contributed by atoms with E-state index in [-0.39, 0.29) is 29.3 Å². The van der Waals surface area contributed by atoms with E-state index >= 15 is 0 Å². The Kier molecular flexibility index (Phi) is 6.45. The van der Waals surface area contributed by atoms with Gasteiger partial charge in [-0.25, -0.2) is 0 Å². The molecule has 0 aromatic heterocycles.